The van der Waals surface area contributed by atoms with Crippen LogP contribution in [0.3, 0.4) is 0 Å². The third kappa shape index (κ3) is 5.87. The summed E-state index contributed by atoms with van der Waals surface area (Å²) < 4.78 is 9.72. The van der Waals surface area contributed by atoms with Crippen LogP contribution in [-0.4, -0.2) is 25.8 Å². The van der Waals surface area contributed by atoms with Gasteiger partial charge in [0, 0.05) is 0 Å². The van der Waals surface area contributed by atoms with Crippen molar-refractivity contribution < 1.29 is 14.3 Å². The molecule has 0 aliphatic heterocycles. The average molecular weight is 182 g/mol. The van der Waals surface area contributed by atoms with Gasteiger partial charge in [-0.3, -0.25) is 0 Å². The summed E-state index contributed by atoms with van der Waals surface area (Å²) in [5, 5.41) is 0. The first-order chi connectivity index (χ1) is 6.22. The summed E-state index contributed by atoms with van der Waals surface area (Å²) in [6, 6.07) is 0. The Hall–Kier alpha value is -1.35. The van der Waals surface area contributed by atoms with E-state index in [1.807, 2.05) is 0 Å². The maximum absolute atomic E-state index is 11.0. The summed E-state index contributed by atoms with van der Waals surface area (Å²) in [7, 11) is 0. The van der Waals surface area contributed by atoms with Gasteiger partial charge in [-0.05, 0) is 0 Å². The van der Waals surface area contributed by atoms with Crippen LogP contribution in [-0.2, 0) is 14.3 Å². The van der Waals surface area contributed by atoms with E-state index < -0.39 is 5.97 Å². The van der Waals surface area contributed by atoms with E-state index in [0.717, 1.165) is 0 Å². The Kier molecular flexibility index (Phi) is 6.55. The second-order valence-electron chi connectivity index (χ2n) is 2.29. The Bertz CT molecular complexity index is 206. The Morgan fingerprint density at radius 2 is 1.85 bits per heavy atom. The van der Waals surface area contributed by atoms with E-state index >= 15 is 0 Å². The number of carbonyl (C=O) groups is 1. The van der Waals surface area contributed by atoms with Gasteiger partial charge in [-0.1, -0.05) is 25.3 Å². The Morgan fingerprint density at radius 1 is 1.23 bits per heavy atom. The lowest BCUT2D eigenvalue weighted by Crippen LogP contribution is -2.11. The molecular weight excluding hydrogens is 168 g/mol. The van der Waals surface area contributed by atoms with Crippen LogP contribution in [0.2, 0.25) is 0 Å². The van der Waals surface area contributed by atoms with E-state index in [9.17, 15) is 4.79 Å². The number of esters is 1. The van der Waals surface area contributed by atoms with E-state index in [-0.39, 0.29) is 13.2 Å². The molecule has 0 saturated carbocycles. The Labute approximate surface area is 78.3 Å². The van der Waals surface area contributed by atoms with Crippen LogP contribution >= 0.6 is 0 Å². The predicted octanol–water partition coefficient (Wildman–Crippen LogP) is 1.47. The maximum atomic E-state index is 11.0. The van der Waals surface area contributed by atoms with Crippen molar-refractivity contribution in [2.24, 2.45) is 0 Å². The third-order valence-corrected chi connectivity index (χ3v) is 1.13. The van der Waals surface area contributed by atoms with E-state index in [0.29, 0.717) is 12.2 Å². The first kappa shape index (κ1) is 11.6. The Morgan fingerprint density at radius 3 is 2.38 bits per heavy atom. The van der Waals surface area contributed by atoms with E-state index in [4.69, 9.17) is 9.47 Å². The van der Waals surface area contributed by atoms with E-state index in [1.54, 1.807) is 6.08 Å². The zero-order valence-corrected chi connectivity index (χ0v) is 7.62. The topological polar surface area (TPSA) is 35.5 Å². The smallest absolute Gasteiger partial charge is 0.336 e. The van der Waals surface area contributed by atoms with Crippen molar-refractivity contribution >= 4 is 5.97 Å². The minimum atomic E-state index is -0.455. The van der Waals surface area contributed by atoms with Crippen molar-refractivity contribution in [2.45, 2.75) is 0 Å². The molecule has 0 amide bonds. The fourth-order valence-corrected chi connectivity index (χ4v) is 0.561. The second-order valence-corrected chi connectivity index (χ2v) is 2.29. The molecule has 0 saturated heterocycles. The first-order valence-corrected chi connectivity index (χ1v) is 3.86. The van der Waals surface area contributed by atoms with Gasteiger partial charge >= 0.3 is 5.97 Å². The molecule has 0 rings (SSSR count). The summed E-state index contributed by atoms with van der Waals surface area (Å²) in [5.41, 5.74) is 0.295. The van der Waals surface area contributed by atoms with E-state index in [2.05, 4.69) is 19.7 Å². The molecule has 0 fully saturated rings. The minimum absolute atomic E-state index is 0.169. The van der Waals surface area contributed by atoms with Crippen LogP contribution in [0.25, 0.3) is 0 Å². The number of ether oxygens (including phenoxy) is 2. The molecule has 0 spiro atoms. The highest BCUT2D eigenvalue weighted by Crippen LogP contribution is 1.95. The highest BCUT2D eigenvalue weighted by molar-refractivity contribution is 5.88. The van der Waals surface area contributed by atoms with Crippen molar-refractivity contribution in [3.05, 3.63) is 37.5 Å². The second kappa shape index (κ2) is 7.31. The molecule has 0 heterocycles. The maximum Gasteiger partial charge on any atom is 0.336 e. The lowest BCUT2D eigenvalue weighted by molar-refractivity contribution is -0.138. The van der Waals surface area contributed by atoms with Crippen molar-refractivity contribution in [3.8, 4) is 0 Å². The molecule has 0 aromatic rings. The van der Waals surface area contributed by atoms with Crippen molar-refractivity contribution in [2.75, 3.05) is 19.8 Å². The highest BCUT2D eigenvalue weighted by atomic mass is 16.5. The molecule has 72 valence electrons. The van der Waals surface area contributed by atoms with Gasteiger partial charge in [0.05, 0.1) is 18.8 Å². The fourth-order valence-electron chi connectivity index (χ4n) is 0.561. The lowest BCUT2D eigenvalue weighted by Gasteiger charge is -2.04. The molecule has 0 atom stereocenters. The largest absolute Gasteiger partial charge is 0.458 e. The average Bonchev–Trinajstić information content (AvgIpc) is 2.14. The van der Waals surface area contributed by atoms with Gasteiger partial charge in [-0.25, -0.2) is 4.79 Å². The third-order valence-electron chi connectivity index (χ3n) is 1.13. The summed E-state index contributed by atoms with van der Waals surface area (Å²) in [5.74, 6) is -0.455. The summed E-state index contributed by atoms with van der Waals surface area (Å²) in [6.45, 7) is 11.2. The molecule has 0 unspecified atom stereocenters. The molecular formula is C10H14O3. The highest BCUT2D eigenvalue weighted by Gasteiger charge is 2.06. The zero-order chi connectivity index (χ0) is 10.1. The number of hydrogen-bond acceptors (Lipinski definition) is 3. The molecule has 0 radical (unpaired) electrons. The van der Waals surface area contributed by atoms with Gasteiger partial charge in [0.25, 0.3) is 0 Å². The number of rotatable bonds is 7. The molecule has 0 aliphatic rings. The van der Waals surface area contributed by atoms with Crippen LogP contribution in [0.4, 0.5) is 0 Å². The predicted molar refractivity (Wildman–Crippen MR) is 51.3 cm³/mol. The number of carbonyl (C=O) groups excluding carboxylic acids is 1. The van der Waals surface area contributed by atoms with Crippen LogP contribution in [0.1, 0.15) is 0 Å². The minimum Gasteiger partial charge on any atom is -0.458 e. The van der Waals surface area contributed by atoms with Crippen LogP contribution < -0.4 is 0 Å². The Balaban J connectivity index is 3.62. The molecule has 0 N–H and O–H groups in total. The van der Waals surface area contributed by atoms with Crippen molar-refractivity contribution in [3.63, 3.8) is 0 Å². The van der Waals surface area contributed by atoms with Crippen LogP contribution in [0, 0.1) is 0 Å². The standard InChI is InChI=1S/C10H14O3/c1-4-6-12-8-9(3)10(11)13-7-5-2/h4-5H,1-3,6-8H2. The molecule has 0 aromatic carbocycles. The number of hydrogen-bond donors (Lipinski definition) is 0. The van der Waals surface area contributed by atoms with Crippen molar-refractivity contribution in [1.82, 2.24) is 0 Å². The molecule has 3 nitrogen and oxygen atoms in total. The molecule has 0 aromatic heterocycles. The molecule has 0 bridgehead atoms. The van der Waals surface area contributed by atoms with Crippen LogP contribution in [0.15, 0.2) is 37.5 Å². The van der Waals surface area contributed by atoms with Crippen LogP contribution in [0.5, 0.6) is 0 Å². The van der Waals surface area contributed by atoms with Gasteiger partial charge in [0.15, 0.2) is 0 Å². The molecule has 0 aliphatic carbocycles. The summed E-state index contributed by atoms with van der Waals surface area (Å²) in [4.78, 5) is 11.0. The van der Waals surface area contributed by atoms with Gasteiger partial charge in [0.1, 0.15) is 6.61 Å². The summed E-state index contributed by atoms with van der Waals surface area (Å²) in [6.07, 6.45) is 3.10. The normalized spacial score (nSPS) is 8.92. The fraction of sp³-hybridized carbons (Fsp3) is 0.300. The first-order valence-electron chi connectivity index (χ1n) is 3.86. The zero-order valence-electron chi connectivity index (χ0n) is 7.62. The van der Waals surface area contributed by atoms with E-state index in [1.165, 1.54) is 6.08 Å². The van der Waals surface area contributed by atoms with Crippen molar-refractivity contribution in [1.29, 1.82) is 0 Å². The van der Waals surface area contributed by atoms with Gasteiger partial charge in [-0.2, -0.15) is 0 Å². The monoisotopic (exact) mass is 182 g/mol. The summed E-state index contributed by atoms with van der Waals surface area (Å²) >= 11 is 0. The lowest BCUT2D eigenvalue weighted by atomic mass is 10.3. The SMILES string of the molecule is C=CCOCC(=C)C(=O)OCC=C. The quantitative estimate of drug-likeness (QED) is 0.259. The molecule has 13 heavy (non-hydrogen) atoms. The van der Waals surface area contributed by atoms with Gasteiger partial charge in [-0.15, -0.1) is 6.58 Å². The van der Waals surface area contributed by atoms with Gasteiger partial charge in [0.2, 0.25) is 0 Å². The molecule has 3 heteroatoms. The van der Waals surface area contributed by atoms with Gasteiger partial charge < -0.3 is 9.47 Å².